The van der Waals surface area contributed by atoms with E-state index in [2.05, 4.69) is 78.9 Å². The quantitative estimate of drug-likeness (QED) is 0.748. The van der Waals surface area contributed by atoms with Gasteiger partial charge in [0.25, 0.3) is 0 Å². The molecule has 0 saturated heterocycles. The van der Waals surface area contributed by atoms with E-state index in [0.717, 1.165) is 17.2 Å². The van der Waals surface area contributed by atoms with Crippen LogP contribution in [0.5, 0.6) is 0 Å². The van der Waals surface area contributed by atoms with Crippen molar-refractivity contribution in [3.05, 3.63) is 84.2 Å². The maximum absolute atomic E-state index is 2.34. The molecule has 3 unspecified atom stereocenters. The van der Waals surface area contributed by atoms with Crippen molar-refractivity contribution in [1.29, 1.82) is 0 Å². The van der Waals surface area contributed by atoms with Crippen LogP contribution in [-0.4, -0.2) is 5.66 Å². The molecule has 0 radical (unpaired) electrons. The molecule has 0 saturated carbocycles. The Bertz CT molecular complexity index is 585. The zero-order valence-electron chi connectivity index (χ0n) is 10.6. The molecule has 3 rings (SSSR count). The van der Waals surface area contributed by atoms with Gasteiger partial charge in [-0.1, -0.05) is 96.1 Å². The fourth-order valence-electron chi connectivity index (χ4n) is 2.13. The first kappa shape index (κ1) is 12.8. The van der Waals surface area contributed by atoms with Gasteiger partial charge in [0, 0.05) is 5.66 Å². The summed E-state index contributed by atoms with van der Waals surface area (Å²) in [5.41, 5.74) is 0.598. The predicted molar refractivity (Wildman–Crippen MR) is 89.8 cm³/mol. The summed E-state index contributed by atoms with van der Waals surface area (Å²) in [6.07, 6.45) is 6.86. The van der Waals surface area contributed by atoms with Crippen LogP contribution in [0.3, 0.4) is 0 Å². The van der Waals surface area contributed by atoms with Crippen molar-refractivity contribution in [2.45, 2.75) is 5.66 Å². The van der Waals surface area contributed by atoms with E-state index in [1.54, 1.807) is 5.31 Å². The van der Waals surface area contributed by atoms with Gasteiger partial charge in [0.1, 0.15) is 0 Å². The lowest BCUT2D eigenvalue weighted by Gasteiger charge is -2.14. The standard InChI is InChI=1S/C17H16P2/c1-3-8-14(9-4-1)18-16-12-7-13-17(16)19-15-10-5-2-6-11-15/h1-13,16,18-19H. The number of benzene rings is 2. The Balaban J connectivity index is 1.70. The van der Waals surface area contributed by atoms with E-state index in [-0.39, 0.29) is 0 Å². The summed E-state index contributed by atoms with van der Waals surface area (Å²) >= 11 is 0. The molecule has 0 aliphatic heterocycles. The molecule has 0 aromatic heterocycles. The number of hydrogen-bond donors (Lipinski definition) is 0. The van der Waals surface area contributed by atoms with Gasteiger partial charge in [0.2, 0.25) is 0 Å². The molecule has 0 spiro atoms. The summed E-state index contributed by atoms with van der Waals surface area (Å²) in [7, 11) is 1.64. The van der Waals surface area contributed by atoms with Crippen LogP contribution in [0.2, 0.25) is 0 Å². The smallest absolute Gasteiger partial charge is 0.0242 e. The van der Waals surface area contributed by atoms with Gasteiger partial charge in [-0.25, -0.2) is 0 Å². The highest BCUT2D eigenvalue weighted by atomic mass is 31.1. The Morgan fingerprint density at radius 3 is 2.05 bits per heavy atom. The molecule has 0 heterocycles. The van der Waals surface area contributed by atoms with Crippen molar-refractivity contribution < 1.29 is 0 Å². The highest BCUT2D eigenvalue weighted by molar-refractivity contribution is 7.55. The first-order valence-electron chi connectivity index (χ1n) is 6.44. The predicted octanol–water partition coefficient (Wildman–Crippen LogP) is 3.82. The molecule has 1 aliphatic rings. The van der Waals surface area contributed by atoms with Crippen LogP contribution in [0.1, 0.15) is 0 Å². The largest absolute Gasteiger partial charge is 0.0787 e. The average molecular weight is 282 g/mol. The number of rotatable bonds is 4. The molecule has 1 aliphatic carbocycles. The van der Waals surface area contributed by atoms with E-state index in [9.17, 15) is 0 Å². The monoisotopic (exact) mass is 282 g/mol. The Hall–Kier alpha value is -1.22. The molecule has 2 aromatic rings. The molecule has 0 amide bonds. The highest BCUT2D eigenvalue weighted by Crippen LogP contribution is 2.39. The average Bonchev–Trinajstić information content (AvgIpc) is 2.88. The van der Waals surface area contributed by atoms with Crippen LogP contribution in [0.15, 0.2) is 84.2 Å². The summed E-state index contributed by atoms with van der Waals surface area (Å²) in [4.78, 5) is 0. The molecule has 2 heteroatoms. The van der Waals surface area contributed by atoms with Gasteiger partial charge in [-0.05, 0) is 15.9 Å². The molecule has 19 heavy (non-hydrogen) atoms. The first-order valence-corrected chi connectivity index (χ1v) is 8.51. The van der Waals surface area contributed by atoms with E-state index < -0.39 is 0 Å². The maximum atomic E-state index is 2.34. The lowest BCUT2D eigenvalue weighted by molar-refractivity contribution is 1.43. The van der Waals surface area contributed by atoms with Crippen LogP contribution in [0.4, 0.5) is 0 Å². The Morgan fingerprint density at radius 2 is 1.37 bits per heavy atom. The Morgan fingerprint density at radius 1 is 0.737 bits per heavy atom. The summed E-state index contributed by atoms with van der Waals surface area (Å²) < 4.78 is 0. The van der Waals surface area contributed by atoms with Crippen molar-refractivity contribution in [3.8, 4) is 0 Å². The zero-order chi connectivity index (χ0) is 12.9. The van der Waals surface area contributed by atoms with Crippen LogP contribution in [0, 0.1) is 0 Å². The summed E-state index contributed by atoms with van der Waals surface area (Å²) in [6.45, 7) is 0. The maximum Gasteiger partial charge on any atom is 0.0242 e. The molecule has 2 aromatic carbocycles. The van der Waals surface area contributed by atoms with Crippen molar-refractivity contribution >= 4 is 27.8 Å². The Labute approximate surface area is 118 Å². The zero-order valence-corrected chi connectivity index (χ0v) is 12.6. The normalized spacial score (nSPS) is 18.7. The first-order chi connectivity index (χ1) is 9.42. The molecule has 0 fully saturated rings. The van der Waals surface area contributed by atoms with Gasteiger partial charge in [-0.15, -0.1) is 0 Å². The van der Waals surface area contributed by atoms with Gasteiger partial charge < -0.3 is 0 Å². The second kappa shape index (κ2) is 6.29. The molecular weight excluding hydrogens is 266 g/mol. The van der Waals surface area contributed by atoms with Crippen LogP contribution < -0.4 is 10.6 Å². The SMILES string of the molecule is C1=CC(Pc2ccccc2)C(Pc2ccccc2)=C1. The third kappa shape index (κ3) is 3.41. The van der Waals surface area contributed by atoms with Gasteiger partial charge >= 0.3 is 0 Å². The lowest BCUT2D eigenvalue weighted by Crippen LogP contribution is -2.04. The molecular formula is C17H16P2. The van der Waals surface area contributed by atoms with E-state index in [1.165, 1.54) is 10.6 Å². The minimum Gasteiger partial charge on any atom is -0.0787 e. The third-order valence-electron chi connectivity index (χ3n) is 3.07. The van der Waals surface area contributed by atoms with Crippen molar-refractivity contribution in [1.82, 2.24) is 0 Å². The summed E-state index contributed by atoms with van der Waals surface area (Å²) in [5.74, 6) is 0. The van der Waals surface area contributed by atoms with E-state index >= 15 is 0 Å². The number of hydrogen-bond acceptors (Lipinski definition) is 0. The van der Waals surface area contributed by atoms with Crippen molar-refractivity contribution in [2.24, 2.45) is 0 Å². The van der Waals surface area contributed by atoms with Gasteiger partial charge in [-0.3, -0.25) is 0 Å². The fraction of sp³-hybridized carbons (Fsp3) is 0.0588. The van der Waals surface area contributed by atoms with E-state index in [4.69, 9.17) is 0 Å². The van der Waals surface area contributed by atoms with E-state index in [1.807, 2.05) is 0 Å². The molecule has 0 nitrogen and oxygen atoms in total. The second-order valence-electron chi connectivity index (χ2n) is 4.49. The minimum absolute atomic E-state index is 0.598. The molecule has 94 valence electrons. The van der Waals surface area contributed by atoms with Gasteiger partial charge in [0.15, 0.2) is 0 Å². The lowest BCUT2D eigenvalue weighted by atomic mass is 10.4. The van der Waals surface area contributed by atoms with Gasteiger partial charge in [-0.2, -0.15) is 0 Å². The third-order valence-corrected chi connectivity index (χ3v) is 6.23. The molecule has 3 atom stereocenters. The molecule has 0 bridgehead atoms. The van der Waals surface area contributed by atoms with Crippen molar-refractivity contribution in [2.75, 3.05) is 0 Å². The topological polar surface area (TPSA) is 0 Å². The summed E-state index contributed by atoms with van der Waals surface area (Å²) in [6, 6.07) is 21.6. The van der Waals surface area contributed by atoms with Crippen LogP contribution in [0.25, 0.3) is 0 Å². The van der Waals surface area contributed by atoms with E-state index in [0.29, 0.717) is 5.66 Å². The van der Waals surface area contributed by atoms with Crippen molar-refractivity contribution in [3.63, 3.8) is 0 Å². The second-order valence-corrected chi connectivity index (χ2v) is 7.38. The minimum atomic E-state index is 0.598. The highest BCUT2D eigenvalue weighted by Gasteiger charge is 2.15. The Kier molecular flexibility index (Phi) is 4.23. The summed E-state index contributed by atoms with van der Waals surface area (Å²) in [5, 5.41) is 4.44. The number of allylic oxidation sites excluding steroid dienone is 4. The fourth-order valence-corrected chi connectivity index (χ4v) is 4.88. The molecule has 0 N–H and O–H groups in total. The van der Waals surface area contributed by atoms with Crippen LogP contribution >= 0.6 is 17.2 Å². The van der Waals surface area contributed by atoms with Gasteiger partial charge in [0.05, 0.1) is 0 Å². The van der Waals surface area contributed by atoms with Crippen LogP contribution in [-0.2, 0) is 0 Å².